The van der Waals surface area contributed by atoms with E-state index in [1.54, 1.807) is 0 Å². The van der Waals surface area contributed by atoms with Crippen LogP contribution in [0.3, 0.4) is 0 Å². The Bertz CT molecular complexity index is 1860. The molecule has 0 bridgehead atoms. The molecule has 48 heavy (non-hydrogen) atoms. The monoisotopic (exact) mass is 630 g/mol. The van der Waals surface area contributed by atoms with E-state index in [9.17, 15) is 0 Å². The first-order valence-electron chi connectivity index (χ1n) is 17.8. The minimum Gasteiger partial charge on any atom is -0.368 e. The molecule has 1 aliphatic carbocycles. The van der Waals surface area contributed by atoms with E-state index in [0.29, 0.717) is 0 Å². The highest BCUT2D eigenvalue weighted by atomic mass is 15.0. The third kappa shape index (κ3) is 6.62. The van der Waals surface area contributed by atoms with Gasteiger partial charge < -0.3 is 10.6 Å². The number of hydrogen-bond acceptors (Lipinski definition) is 2. The second-order valence-corrected chi connectivity index (χ2v) is 13.3. The van der Waals surface area contributed by atoms with Gasteiger partial charge in [-0.2, -0.15) is 0 Å². The third-order valence-corrected chi connectivity index (χ3v) is 10.2. The summed E-state index contributed by atoms with van der Waals surface area (Å²) < 4.78 is 0. The van der Waals surface area contributed by atoms with Crippen LogP contribution < -0.4 is 10.6 Å². The molecule has 6 rings (SSSR count). The maximum atomic E-state index is 4.04. The number of allylic oxidation sites excluding steroid dienone is 2. The number of rotatable bonds is 12. The fraction of sp³-hybridized carbons (Fsp3) is 0.261. The molecule has 0 saturated heterocycles. The molecule has 5 aromatic rings. The van der Waals surface area contributed by atoms with Crippen molar-refractivity contribution in [1.29, 1.82) is 0 Å². The first-order chi connectivity index (χ1) is 23.4. The molecule has 1 aliphatic rings. The van der Waals surface area contributed by atoms with Gasteiger partial charge in [0.25, 0.3) is 0 Å². The first-order valence-corrected chi connectivity index (χ1v) is 17.8. The zero-order valence-electron chi connectivity index (χ0n) is 29.3. The molecule has 0 saturated carbocycles. The third-order valence-electron chi connectivity index (χ3n) is 10.2. The standard InChI is InChI=1S/C46H50N2/c1-6-9-17-36-22-24-39(25-23-36)45(40-26-28-42(29-27-40)47-43-34(4)15-13-18-37(43)7-2)30-32-46(33-31-45,41-20-11-10-12-21-41)48-44-35(5)16-14-19-38(44)8-3/h10-16,18-33,47-48H,6-9,17H2,1-5H3. The molecule has 5 aromatic carbocycles. The highest BCUT2D eigenvalue weighted by Gasteiger charge is 2.38. The average Bonchev–Trinajstić information content (AvgIpc) is 3.13. The van der Waals surface area contributed by atoms with E-state index in [1.165, 1.54) is 68.7 Å². The van der Waals surface area contributed by atoms with Crippen molar-refractivity contribution >= 4 is 17.1 Å². The Labute approximate surface area is 288 Å². The highest BCUT2D eigenvalue weighted by molar-refractivity contribution is 5.69. The van der Waals surface area contributed by atoms with E-state index in [4.69, 9.17) is 0 Å². The molecular formula is C46H50N2. The number of aryl methyl sites for hydroxylation is 5. The number of benzene rings is 5. The van der Waals surface area contributed by atoms with Crippen LogP contribution in [-0.4, -0.2) is 0 Å². The van der Waals surface area contributed by atoms with Gasteiger partial charge in [0.15, 0.2) is 0 Å². The van der Waals surface area contributed by atoms with Gasteiger partial charge in [0.2, 0.25) is 0 Å². The van der Waals surface area contributed by atoms with E-state index >= 15 is 0 Å². The molecule has 0 heterocycles. The van der Waals surface area contributed by atoms with Crippen molar-refractivity contribution < 1.29 is 0 Å². The summed E-state index contributed by atoms with van der Waals surface area (Å²) in [5.41, 5.74) is 12.9. The van der Waals surface area contributed by atoms with Crippen molar-refractivity contribution in [1.82, 2.24) is 0 Å². The summed E-state index contributed by atoms with van der Waals surface area (Å²) >= 11 is 0. The molecule has 0 radical (unpaired) electrons. The highest BCUT2D eigenvalue weighted by Crippen LogP contribution is 2.44. The van der Waals surface area contributed by atoms with E-state index in [2.05, 4.69) is 185 Å². The lowest BCUT2D eigenvalue weighted by Crippen LogP contribution is -2.37. The molecule has 2 N–H and O–H groups in total. The fourth-order valence-corrected chi connectivity index (χ4v) is 7.16. The zero-order valence-corrected chi connectivity index (χ0v) is 29.3. The predicted octanol–water partition coefficient (Wildman–Crippen LogP) is 11.9. The maximum Gasteiger partial charge on any atom is 0.0998 e. The largest absolute Gasteiger partial charge is 0.368 e. The number of hydrogen-bond donors (Lipinski definition) is 2. The van der Waals surface area contributed by atoms with Gasteiger partial charge in [0.05, 0.1) is 11.0 Å². The van der Waals surface area contributed by atoms with Crippen LogP contribution >= 0.6 is 0 Å². The molecule has 0 aliphatic heterocycles. The van der Waals surface area contributed by atoms with Crippen molar-refractivity contribution in [2.24, 2.45) is 0 Å². The summed E-state index contributed by atoms with van der Waals surface area (Å²) in [6.07, 6.45) is 15.1. The van der Waals surface area contributed by atoms with Gasteiger partial charge >= 0.3 is 0 Å². The lowest BCUT2D eigenvalue weighted by molar-refractivity contribution is 0.697. The summed E-state index contributed by atoms with van der Waals surface area (Å²) in [6.45, 7) is 11.1. The van der Waals surface area contributed by atoms with Crippen LogP contribution in [0.1, 0.15) is 78.1 Å². The molecule has 0 aromatic heterocycles. The van der Waals surface area contributed by atoms with Gasteiger partial charge in [0, 0.05) is 17.1 Å². The Morgan fingerprint density at radius 1 is 0.521 bits per heavy atom. The summed E-state index contributed by atoms with van der Waals surface area (Å²) in [5.74, 6) is 0. The second kappa shape index (κ2) is 14.5. The first kappa shape index (κ1) is 33.1. The van der Waals surface area contributed by atoms with Crippen LogP contribution in [0.4, 0.5) is 17.1 Å². The molecule has 0 fully saturated rings. The molecule has 0 atom stereocenters. The summed E-state index contributed by atoms with van der Waals surface area (Å²) in [4.78, 5) is 0. The Morgan fingerprint density at radius 3 is 1.67 bits per heavy atom. The fourth-order valence-electron chi connectivity index (χ4n) is 7.16. The number of unbranched alkanes of at least 4 members (excludes halogenated alkanes) is 1. The van der Waals surface area contributed by atoms with E-state index in [1.807, 2.05) is 0 Å². The van der Waals surface area contributed by atoms with Crippen LogP contribution in [0, 0.1) is 13.8 Å². The van der Waals surface area contributed by atoms with Crippen LogP contribution in [0.15, 0.2) is 140 Å². The summed E-state index contributed by atoms with van der Waals surface area (Å²) in [5, 5.41) is 7.77. The van der Waals surface area contributed by atoms with Gasteiger partial charge in [-0.1, -0.05) is 155 Å². The van der Waals surface area contributed by atoms with Gasteiger partial charge in [-0.3, -0.25) is 0 Å². The van der Waals surface area contributed by atoms with Crippen LogP contribution in [0.5, 0.6) is 0 Å². The number of anilines is 3. The number of nitrogens with one attached hydrogen (secondary N) is 2. The van der Waals surface area contributed by atoms with Crippen molar-refractivity contribution in [3.63, 3.8) is 0 Å². The lowest BCUT2D eigenvalue weighted by atomic mass is 9.68. The van der Waals surface area contributed by atoms with Gasteiger partial charge in [-0.25, -0.2) is 0 Å². The molecule has 0 unspecified atom stereocenters. The lowest BCUT2D eigenvalue weighted by Gasteiger charge is -2.40. The van der Waals surface area contributed by atoms with E-state index in [-0.39, 0.29) is 0 Å². The second-order valence-electron chi connectivity index (χ2n) is 13.3. The van der Waals surface area contributed by atoms with Crippen LogP contribution in [0.2, 0.25) is 0 Å². The van der Waals surface area contributed by atoms with E-state index < -0.39 is 11.0 Å². The Morgan fingerprint density at radius 2 is 1.08 bits per heavy atom. The topological polar surface area (TPSA) is 24.1 Å². The van der Waals surface area contributed by atoms with Crippen molar-refractivity contribution in [3.05, 3.63) is 184 Å². The van der Waals surface area contributed by atoms with Crippen LogP contribution in [-0.2, 0) is 30.2 Å². The van der Waals surface area contributed by atoms with Crippen LogP contribution in [0.25, 0.3) is 0 Å². The maximum absolute atomic E-state index is 4.04. The summed E-state index contributed by atoms with van der Waals surface area (Å²) in [6, 6.07) is 42.4. The molecule has 2 nitrogen and oxygen atoms in total. The average molecular weight is 631 g/mol. The smallest absolute Gasteiger partial charge is 0.0998 e. The van der Waals surface area contributed by atoms with Crippen molar-refractivity contribution in [3.8, 4) is 0 Å². The van der Waals surface area contributed by atoms with Gasteiger partial charge in [-0.05, 0) is 96.2 Å². The molecule has 244 valence electrons. The Kier molecular flexibility index (Phi) is 10.0. The molecule has 0 spiro atoms. The zero-order chi connectivity index (χ0) is 33.6. The molecule has 0 amide bonds. The predicted molar refractivity (Wildman–Crippen MR) is 207 cm³/mol. The minimum absolute atomic E-state index is 0.418. The SMILES string of the molecule is CCCCc1ccc(C2(c3ccc(Nc4c(C)cccc4CC)cc3)C=CC(Nc3c(C)cccc3CC)(c3ccccc3)C=C2)cc1. The van der Waals surface area contributed by atoms with Crippen molar-refractivity contribution in [2.75, 3.05) is 10.6 Å². The summed E-state index contributed by atoms with van der Waals surface area (Å²) in [7, 11) is 0. The van der Waals surface area contributed by atoms with Gasteiger partial charge in [-0.15, -0.1) is 0 Å². The molecule has 2 heteroatoms. The Balaban J connectivity index is 1.44. The van der Waals surface area contributed by atoms with Crippen molar-refractivity contribution in [2.45, 2.75) is 77.7 Å². The quantitative estimate of drug-likeness (QED) is 0.134. The molecular weight excluding hydrogens is 581 g/mol. The minimum atomic E-state index is -0.495. The van der Waals surface area contributed by atoms with Gasteiger partial charge in [0.1, 0.15) is 0 Å². The normalized spacial score (nSPS) is 18.5. The number of para-hydroxylation sites is 2. The van der Waals surface area contributed by atoms with E-state index in [0.717, 1.165) is 24.9 Å². The Hall–Kier alpha value is -4.82.